The monoisotopic (exact) mass is 428 g/mol. The van der Waals surface area contributed by atoms with Crippen molar-refractivity contribution in [3.63, 3.8) is 0 Å². The van der Waals surface area contributed by atoms with Gasteiger partial charge in [0.25, 0.3) is 0 Å². The molecule has 2 rings (SSSR count). The maximum atomic E-state index is 11.6. The van der Waals surface area contributed by atoms with Crippen molar-refractivity contribution < 1.29 is 29.6 Å². The van der Waals surface area contributed by atoms with E-state index in [2.05, 4.69) is 20.7 Å². The Labute approximate surface area is 162 Å². The molecule has 0 aliphatic rings. The molecule has 0 bridgehead atoms. The van der Waals surface area contributed by atoms with Crippen molar-refractivity contribution in [2.45, 2.75) is 33.0 Å². The summed E-state index contributed by atoms with van der Waals surface area (Å²) in [6.07, 6.45) is 0. The van der Waals surface area contributed by atoms with E-state index in [1.807, 2.05) is 27.7 Å². The fraction of sp³-hybridized carbons (Fsp3) is 0.316. The molecular formula is C19H25BrO6. The van der Waals surface area contributed by atoms with E-state index in [-0.39, 0.29) is 11.5 Å². The SMILES string of the molecule is CC.CC.COC(=O)c1ccc(Oc2c(O)cc(O)cc2O)cc1CBr. The number of esters is 1. The van der Waals surface area contributed by atoms with E-state index in [4.69, 9.17) is 4.74 Å². The van der Waals surface area contributed by atoms with E-state index in [1.165, 1.54) is 19.2 Å². The molecule has 144 valence electrons. The van der Waals surface area contributed by atoms with Crippen molar-refractivity contribution in [2.75, 3.05) is 7.11 Å². The van der Waals surface area contributed by atoms with Gasteiger partial charge in [0.2, 0.25) is 5.75 Å². The van der Waals surface area contributed by atoms with Crippen LogP contribution in [0.5, 0.6) is 28.7 Å². The van der Waals surface area contributed by atoms with Gasteiger partial charge < -0.3 is 24.8 Å². The summed E-state index contributed by atoms with van der Waals surface area (Å²) in [7, 11) is 1.29. The molecule has 0 atom stereocenters. The van der Waals surface area contributed by atoms with Gasteiger partial charge in [-0.1, -0.05) is 43.6 Å². The number of phenols is 3. The highest BCUT2D eigenvalue weighted by Gasteiger charge is 2.15. The Hall–Kier alpha value is -2.41. The van der Waals surface area contributed by atoms with E-state index in [9.17, 15) is 20.1 Å². The number of halogens is 1. The van der Waals surface area contributed by atoms with Crippen molar-refractivity contribution in [1.29, 1.82) is 0 Å². The van der Waals surface area contributed by atoms with Crippen LogP contribution in [0.25, 0.3) is 0 Å². The summed E-state index contributed by atoms with van der Waals surface area (Å²) in [5.74, 6) is -1.46. The van der Waals surface area contributed by atoms with Crippen molar-refractivity contribution in [3.8, 4) is 28.7 Å². The van der Waals surface area contributed by atoms with Crippen LogP contribution in [-0.2, 0) is 10.1 Å². The summed E-state index contributed by atoms with van der Waals surface area (Å²) in [6.45, 7) is 8.00. The lowest BCUT2D eigenvalue weighted by atomic mass is 10.1. The molecule has 0 saturated carbocycles. The van der Waals surface area contributed by atoms with Crippen LogP contribution in [0.3, 0.4) is 0 Å². The first-order valence-corrected chi connectivity index (χ1v) is 9.28. The number of phenolic OH excluding ortho intramolecular Hbond substituents is 3. The number of alkyl halides is 1. The summed E-state index contributed by atoms with van der Waals surface area (Å²) < 4.78 is 10.1. The maximum absolute atomic E-state index is 11.6. The Morgan fingerprint density at radius 2 is 1.54 bits per heavy atom. The van der Waals surface area contributed by atoms with Crippen LogP contribution in [0.15, 0.2) is 30.3 Å². The minimum Gasteiger partial charge on any atom is -0.508 e. The first kappa shape index (κ1) is 23.6. The molecule has 0 heterocycles. The molecule has 2 aromatic rings. The van der Waals surface area contributed by atoms with Gasteiger partial charge in [-0.3, -0.25) is 0 Å². The molecule has 0 fully saturated rings. The standard InChI is InChI=1S/C15H13BrO6.2C2H6/c1-21-15(20)11-3-2-10(4-8(11)7-16)22-14-12(18)5-9(17)6-13(14)19;2*1-2/h2-6,17-19H,7H2,1H3;2*1-2H3. The van der Waals surface area contributed by atoms with Crippen molar-refractivity contribution in [3.05, 3.63) is 41.5 Å². The maximum Gasteiger partial charge on any atom is 0.338 e. The second kappa shape index (κ2) is 12.0. The molecule has 0 spiro atoms. The fourth-order valence-electron chi connectivity index (χ4n) is 1.86. The van der Waals surface area contributed by atoms with Gasteiger partial charge >= 0.3 is 5.97 Å². The lowest BCUT2D eigenvalue weighted by molar-refractivity contribution is 0.0600. The highest BCUT2D eigenvalue weighted by Crippen LogP contribution is 2.42. The summed E-state index contributed by atoms with van der Waals surface area (Å²) >= 11 is 3.27. The van der Waals surface area contributed by atoms with Crippen LogP contribution in [0, 0.1) is 0 Å². The summed E-state index contributed by atoms with van der Waals surface area (Å²) in [4.78, 5) is 11.6. The second-order valence-corrected chi connectivity index (χ2v) is 4.92. The Kier molecular flexibility index (Phi) is 10.9. The van der Waals surface area contributed by atoms with Gasteiger partial charge in [0.1, 0.15) is 11.5 Å². The second-order valence-electron chi connectivity index (χ2n) is 4.36. The largest absolute Gasteiger partial charge is 0.508 e. The third-order valence-electron chi connectivity index (χ3n) is 2.88. The number of carbonyl (C=O) groups excluding carboxylic acids is 1. The van der Waals surface area contributed by atoms with E-state index >= 15 is 0 Å². The average Bonchev–Trinajstić information content (AvgIpc) is 2.67. The van der Waals surface area contributed by atoms with E-state index in [1.54, 1.807) is 6.07 Å². The number of methoxy groups -OCH3 is 1. The molecule has 0 saturated heterocycles. The zero-order valence-electron chi connectivity index (χ0n) is 15.5. The first-order valence-electron chi connectivity index (χ1n) is 8.16. The number of benzene rings is 2. The van der Waals surface area contributed by atoms with E-state index in [0.29, 0.717) is 22.2 Å². The molecule has 0 aromatic heterocycles. The van der Waals surface area contributed by atoms with Gasteiger partial charge in [0, 0.05) is 17.5 Å². The van der Waals surface area contributed by atoms with Gasteiger partial charge in [-0.15, -0.1) is 0 Å². The molecule has 0 radical (unpaired) electrons. The van der Waals surface area contributed by atoms with Crippen LogP contribution in [0.1, 0.15) is 43.6 Å². The number of rotatable bonds is 4. The van der Waals surface area contributed by atoms with Crippen LogP contribution >= 0.6 is 15.9 Å². The average molecular weight is 429 g/mol. The number of carbonyl (C=O) groups is 1. The molecule has 0 aliphatic heterocycles. The molecular weight excluding hydrogens is 404 g/mol. The van der Waals surface area contributed by atoms with Crippen LogP contribution in [0.2, 0.25) is 0 Å². The first-order chi connectivity index (χ1) is 12.5. The Balaban J connectivity index is 0.00000146. The smallest absolute Gasteiger partial charge is 0.338 e. The van der Waals surface area contributed by atoms with Gasteiger partial charge in [0.15, 0.2) is 11.5 Å². The van der Waals surface area contributed by atoms with Crippen molar-refractivity contribution >= 4 is 21.9 Å². The fourth-order valence-corrected chi connectivity index (χ4v) is 2.32. The Bertz CT molecular complexity index is 692. The van der Waals surface area contributed by atoms with Crippen LogP contribution in [-0.4, -0.2) is 28.4 Å². The summed E-state index contributed by atoms with van der Waals surface area (Å²) in [5.41, 5.74) is 1.01. The van der Waals surface area contributed by atoms with E-state index < -0.39 is 17.5 Å². The normalized spacial score (nSPS) is 9.15. The van der Waals surface area contributed by atoms with Gasteiger partial charge in [0.05, 0.1) is 12.7 Å². The number of hydrogen-bond acceptors (Lipinski definition) is 6. The molecule has 7 heteroatoms. The Morgan fingerprint density at radius 1 is 1.00 bits per heavy atom. The molecule has 26 heavy (non-hydrogen) atoms. The Morgan fingerprint density at radius 3 is 2.00 bits per heavy atom. The van der Waals surface area contributed by atoms with Gasteiger partial charge in [-0.05, 0) is 23.8 Å². The topological polar surface area (TPSA) is 96.2 Å². The number of hydrogen-bond donors (Lipinski definition) is 3. The van der Waals surface area contributed by atoms with E-state index in [0.717, 1.165) is 12.1 Å². The predicted molar refractivity (Wildman–Crippen MR) is 105 cm³/mol. The molecule has 0 unspecified atom stereocenters. The zero-order chi connectivity index (χ0) is 20.3. The number of ether oxygens (including phenoxy) is 2. The van der Waals surface area contributed by atoms with Gasteiger partial charge in [-0.25, -0.2) is 4.79 Å². The zero-order valence-corrected chi connectivity index (χ0v) is 17.1. The van der Waals surface area contributed by atoms with Crippen LogP contribution in [0.4, 0.5) is 0 Å². The highest BCUT2D eigenvalue weighted by molar-refractivity contribution is 9.08. The summed E-state index contributed by atoms with van der Waals surface area (Å²) in [6, 6.07) is 6.69. The molecule has 3 N–H and O–H groups in total. The third-order valence-corrected chi connectivity index (χ3v) is 3.48. The molecule has 0 aliphatic carbocycles. The lowest BCUT2D eigenvalue weighted by Gasteiger charge is -2.12. The van der Waals surface area contributed by atoms with Crippen molar-refractivity contribution in [1.82, 2.24) is 0 Å². The summed E-state index contributed by atoms with van der Waals surface area (Å²) in [5, 5.41) is 29.1. The third kappa shape index (κ3) is 6.15. The minimum absolute atomic E-state index is 0.191. The molecule has 0 amide bonds. The van der Waals surface area contributed by atoms with Crippen molar-refractivity contribution in [2.24, 2.45) is 0 Å². The lowest BCUT2D eigenvalue weighted by Crippen LogP contribution is -2.04. The molecule has 6 nitrogen and oxygen atoms in total. The predicted octanol–water partition coefficient (Wildman–Crippen LogP) is 5.33. The van der Waals surface area contributed by atoms with Crippen LogP contribution < -0.4 is 4.74 Å². The number of aromatic hydroxyl groups is 3. The quantitative estimate of drug-likeness (QED) is 0.449. The highest BCUT2D eigenvalue weighted by atomic mass is 79.9. The minimum atomic E-state index is -0.476. The van der Waals surface area contributed by atoms with Gasteiger partial charge in [-0.2, -0.15) is 0 Å². The molecule has 2 aromatic carbocycles.